The first kappa shape index (κ1) is 19.9. The van der Waals surface area contributed by atoms with Gasteiger partial charge >= 0.3 is 5.97 Å². The van der Waals surface area contributed by atoms with Gasteiger partial charge < -0.3 is 9.47 Å². The molecule has 1 aliphatic rings. The van der Waals surface area contributed by atoms with Crippen LogP contribution in [0.2, 0.25) is 0 Å². The summed E-state index contributed by atoms with van der Waals surface area (Å²) in [6, 6.07) is 6.52. The topological polar surface area (TPSA) is 81.7 Å². The molecule has 1 N–H and O–H groups in total. The van der Waals surface area contributed by atoms with Crippen molar-refractivity contribution in [3.63, 3.8) is 0 Å². The molecule has 0 spiro atoms. The fourth-order valence-electron chi connectivity index (χ4n) is 3.08. The summed E-state index contributed by atoms with van der Waals surface area (Å²) in [6.45, 7) is 5.63. The Morgan fingerprint density at radius 2 is 1.88 bits per heavy atom. The standard InChI is InChI=1S/C18H27NO5S/c1-3-19-25(21,22)16-7-5-15(6-8-16)17(18(20)24-4-2)13-14-9-11-23-12-10-14/h5-8,14,17,19H,3-4,9-13H2,1-2H3. The van der Waals surface area contributed by atoms with Crippen molar-refractivity contribution in [2.75, 3.05) is 26.4 Å². The molecule has 0 aliphatic carbocycles. The number of hydrogen-bond donors (Lipinski definition) is 1. The highest BCUT2D eigenvalue weighted by atomic mass is 32.2. The Labute approximate surface area is 150 Å². The molecule has 0 saturated carbocycles. The minimum Gasteiger partial charge on any atom is -0.466 e. The number of esters is 1. The second-order valence-electron chi connectivity index (χ2n) is 6.17. The number of hydrogen-bond acceptors (Lipinski definition) is 5. The number of sulfonamides is 1. The van der Waals surface area contributed by atoms with Crippen molar-refractivity contribution in [1.82, 2.24) is 4.72 Å². The van der Waals surface area contributed by atoms with Crippen LogP contribution in [0, 0.1) is 5.92 Å². The first-order valence-corrected chi connectivity index (χ1v) is 10.3. The van der Waals surface area contributed by atoms with E-state index in [2.05, 4.69) is 4.72 Å². The normalized spacial score (nSPS) is 17.2. The maximum absolute atomic E-state index is 12.4. The summed E-state index contributed by atoms with van der Waals surface area (Å²) in [7, 11) is -3.49. The van der Waals surface area contributed by atoms with Crippen molar-refractivity contribution >= 4 is 16.0 Å². The van der Waals surface area contributed by atoms with Crippen molar-refractivity contribution in [1.29, 1.82) is 0 Å². The molecule has 1 fully saturated rings. The van der Waals surface area contributed by atoms with E-state index in [-0.39, 0.29) is 16.8 Å². The lowest BCUT2D eigenvalue weighted by molar-refractivity contribution is -0.145. The fraction of sp³-hybridized carbons (Fsp3) is 0.611. The van der Waals surface area contributed by atoms with Crippen LogP contribution >= 0.6 is 0 Å². The van der Waals surface area contributed by atoms with Gasteiger partial charge in [-0.25, -0.2) is 13.1 Å². The van der Waals surface area contributed by atoms with E-state index in [4.69, 9.17) is 9.47 Å². The molecule has 1 heterocycles. The third kappa shape index (κ3) is 5.52. The molecule has 1 saturated heterocycles. The second kappa shape index (κ2) is 9.31. The summed E-state index contributed by atoms with van der Waals surface area (Å²) in [5, 5.41) is 0. The van der Waals surface area contributed by atoms with Crippen LogP contribution in [0.5, 0.6) is 0 Å². The summed E-state index contributed by atoms with van der Waals surface area (Å²) >= 11 is 0. The molecule has 1 aromatic carbocycles. The minimum absolute atomic E-state index is 0.201. The molecule has 0 radical (unpaired) electrons. The number of rotatable bonds is 8. The van der Waals surface area contributed by atoms with Crippen molar-refractivity contribution in [3.05, 3.63) is 29.8 Å². The maximum Gasteiger partial charge on any atom is 0.313 e. The van der Waals surface area contributed by atoms with Gasteiger partial charge in [0.25, 0.3) is 0 Å². The van der Waals surface area contributed by atoms with Crippen molar-refractivity contribution in [3.8, 4) is 0 Å². The molecule has 25 heavy (non-hydrogen) atoms. The summed E-state index contributed by atoms with van der Waals surface area (Å²) in [5.41, 5.74) is 0.792. The highest BCUT2D eigenvalue weighted by Crippen LogP contribution is 2.31. The zero-order valence-corrected chi connectivity index (χ0v) is 15.7. The Morgan fingerprint density at radius 3 is 2.44 bits per heavy atom. The van der Waals surface area contributed by atoms with Gasteiger partial charge in [0.05, 0.1) is 17.4 Å². The van der Waals surface area contributed by atoms with E-state index in [0.717, 1.165) is 31.6 Å². The van der Waals surface area contributed by atoms with Gasteiger partial charge in [0.15, 0.2) is 0 Å². The zero-order chi connectivity index (χ0) is 18.3. The van der Waals surface area contributed by atoms with Gasteiger partial charge in [-0.2, -0.15) is 0 Å². The molecule has 2 rings (SSSR count). The number of nitrogens with one attached hydrogen (secondary N) is 1. The number of carbonyl (C=O) groups excluding carboxylic acids is 1. The third-order valence-electron chi connectivity index (χ3n) is 4.41. The molecular formula is C18H27NO5S. The molecule has 1 aromatic rings. The molecule has 0 amide bonds. The lowest BCUT2D eigenvalue weighted by Crippen LogP contribution is -2.24. The lowest BCUT2D eigenvalue weighted by atomic mass is 9.85. The van der Waals surface area contributed by atoms with E-state index in [1.807, 2.05) is 0 Å². The van der Waals surface area contributed by atoms with E-state index in [9.17, 15) is 13.2 Å². The molecule has 1 aliphatic heterocycles. The van der Waals surface area contributed by atoms with E-state index in [1.165, 1.54) is 0 Å². The highest BCUT2D eigenvalue weighted by Gasteiger charge is 2.27. The predicted molar refractivity (Wildman–Crippen MR) is 94.8 cm³/mol. The van der Waals surface area contributed by atoms with Crippen molar-refractivity contribution in [2.45, 2.75) is 43.9 Å². The van der Waals surface area contributed by atoms with Crippen molar-refractivity contribution < 1.29 is 22.7 Å². The molecule has 6 nitrogen and oxygen atoms in total. The van der Waals surface area contributed by atoms with Crippen LogP contribution < -0.4 is 4.72 Å². The largest absolute Gasteiger partial charge is 0.466 e. The lowest BCUT2D eigenvalue weighted by Gasteiger charge is -2.26. The van der Waals surface area contributed by atoms with E-state index >= 15 is 0 Å². The Morgan fingerprint density at radius 1 is 1.24 bits per heavy atom. The van der Waals surface area contributed by atoms with Gasteiger partial charge in [-0.05, 0) is 49.8 Å². The number of carbonyl (C=O) groups is 1. The highest BCUT2D eigenvalue weighted by molar-refractivity contribution is 7.89. The molecule has 1 unspecified atom stereocenters. The molecule has 140 valence electrons. The molecule has 0 aromatic heterocycles. The SMILES string of the molecule is CCNS(=O)(=O)c1ccc(C(CC2CCOCC2)C(=O)OCC)cc1. The van der Waals surface area contributed by atoms with Gasteiger partial charge in [-0.3, -0.25) is 4.79 Å². The van der Waals surface area contributed by atoms with Gasteiger partial charge in [0, 0.05) is 19.8 Å². The average molecular weight is 369 g/mol. The monoisotopic (exact) mass is 369 g/mol. The first-order chi connectivity index (χ1) is 12.0. The summed E-state index contributed by atoms with van der Waals surface area (Å²) < 4.78 is 37.2. The fourth-order valence-corrected chi connectivity index (χ4v) is 4.12. The van der Waals surface area contributed by atoms with Crippen molar-refractivity contribution in [2.24, 2.45) is 5.92 Å². The Kier molecular flexibility index (Phi) is 7.40. The van der Waals surface area contributed by atoms with Crippen LogP contribution in [0.25, 0.3) is 0 Å². The van der Waals surface area contributed by atoms with E-state index in [0.29, 0.717) is 25.5 Å². The van der Waals surface area contributed by atoms with Crippen LogP contribution in [-0.2, 0) is 24.3 Å². The van der Waals surface area contributed by atoms with Gasteiger partial charge in [-0.1, -0.05) is 19.1 Å². The van der Waals surface area contributed by atoms with Crippen LogP contribution in [-0.4, -0.2) is 40.8 Å². The first-order valence-electron chi connectivity index (χ1n) is 8.82. The number of benzene rings is 1. The van der Waals surface area contributed by atoms with Gasteiger partial charge in [0.1, 0.15) is 0 Å². The Hall–Kier alpha value is -1.44. The average Bonchev–Trinajstić information content (AvgIpc) is 2.61. The molecule has 0 bridgehead atoms. The minimum atomic E-state index is -3.49. The maximum atomic E-state index is 12.4. The summed E-state index contributed by atoms with van der Waals surface area (Å²) in [4.78, 5) is 12.6. The quantitative estimate of drug-likeness (QED) is 0.712. The third-order valence-corrected chi connectivity index (χ3v) is 5.97. The van der Waals surface area contributed by atoms with Crippen LogP contribution in [0.1, 0.15) is 44.6 Å². The zero-order valence-electron chi connectivity index (χ0n) is 14.9. The van der Waals surface area contributed by atoms with E-state index < -0.39 is 10.0 Å². The van der Waals surface area contributed by atoms with Crippen LogP contribution in [0.15, 0.2) is 29.2 Å². The molecule has 7 heteroatoms. The van der Waals surface area contributed by atoms with Crippen LogP contribution in [0.4, 0.5) is 0 Å². The second-order valence-corrected chi connectivity index (χ2v) is 7.93. The van der Waals surface area contributed by atoms with Gasteiger partial charge in [0.2, 0.25) is 10.0 Å². The molecule has 1 atom stereocenters. The van der Waals surface area contributed by atoms with Crippen LogP contribution in [0.3, 0.4) is 0 Å². The summed E-state index contributed by atoms with van der Waals surface area (Å²) in [6.07, 6.45) is 2.56. The molecular weight excluding hydrogens is 342 g/mol. The number of ether oxygens (including phenoxy) is 2. The smallest absolute Gasteiger partial charge is 0.313 e. The Balaban J connectivity index is 2.19. The predicted octanol–water partition coefficient (Wildman–Crippen LogP) is 2.45. The Bertz CT molecular complexity index is 651. The van der Waals surface area contributed by atoms with E-state index in [1.54, 1.807) is 38.1 Å². The van der Waals surface area contributed by atoms with Gasteiger partial charge in [-0.15, -0.1) is 0 Å². The summed E-state index contributed by atoms with van der Waals surface area (Å²) in [5.74, 6) is -0.219.